The Morgan fingerprint density at radius 3 is 2.57 bits per heavy atom. The van der Waals surface area contributed by atoms with Gasteiger partial charge in [0.05, 0.1) is 11.9 Å². The Labute approximate surface area is 202 Å². The molecule has 0 unspecified atom stereocenters. The van der Waals surface area contributed by atoms with Gasteiger partial charge in [0, 0.05) is 44.6 Å². The predicted octanol–water partition coefficient (Wildman–Crippen LogP) is 3.14. The molecule has 0 saturated carbocycles. The Bertz CT molecular complexity index is 1140. The van der Waals surface area contributed by atoms with Crippen LogP contribution in [0.3, 0.4) is 0 Å². The molecule has 2 N–H and O–H groups in total. The molecule has 2 aromatic rings. The van der Waals surface area contributed by atoms with Crippen LogP contribution in [0, 0.1) is 28.9 Å². The van der Waals surface area contributed by atoms with E-state index in [-0.39, 0.29) is 25.4 Å². The van der Waals surface area contributed by atoms with Crippen LogP contribution in [0.2, 0.25) is 0 Å². The molecule has 1 aromatic carbocycles. The second kappa shape index (κ2) is 9.96. The number of benzene rings is 1. The second-order valence-corrected chi connectivity index (χ2v) is 8.95. The molecule has 184 valence electrons. The number of likely N-dealkylation sites (N-methyl/N-ethyl adjacent to an activating group) is 1. The average Bonchev–Trinajstić information content (AvgIpc) is 3.31. The number of nitrogens with one attached hydrogen (secondary N) is 1. The molecule has 2 aliphatic rings. The minimum atomic E-state index is -1.42. The fourth-order valence-electron chi connectivity index (χ4n) is 5.48. The normalized spacial score (nSPS) is 22.6. The number of ketones is 1. The zero-order valence-corrected chi connectivity index (χ0v) is 19.4. The second-order valence-electron chi connectivity index (χ2n) is 8.95. The summed E-state index contributed by atoms with van der Waals surface area (Å²) in [4.78, 5) is 33.7. The van der Waals surface area contributed by atoms with Crippen LogP contribution < -0.4 is 10.2 Å². The van der Waals surface area contributed by atoms with Crippen molar-refractivity contribution in [3.05, 3.63) is 59.4 Å². The molecule has 10 heteroatoms. The first-order chi connectivity index (χ1) is 16.8. The molecule has 0 radical (unpaired) electrons. The maximum absolute atomic E-state index is 14.1. The van der Waals surface area contributed by atoms with Gasteiger partial charge in [0.1, 0.15) is 17.3 Å². The summed E-state index contributed by atoms with van der Waals surface area (Å²) in [6.45, 7) is 3.28. The molecule has 3 heterocycles. The highest BCUT2D eigenvalue weighted by molar-refractivity contribution is 5.95. The molecule has 4 rings (SSSR count). The fraction of sp³-hybridized carbons (Fsp3) is 0.440. The van der Waals surface area contributed by atoms with Gasteiger partial charge in [-0.25, -0.2) is 18.6 Å². The van der Waals surface area contributed by atoms with E-state index in [0.29, 0.717) is 37.2 Å². The SMILES string of the molecule is CCN(C(=O)O)[C@]1(C(=O)C2CCN(c3ccc(C#N)nc3)CC2)CNC[C@H]1c1ccc(F)c(F)c1. The molecule has 1 amide bonds. The van der Waals surface area contributed by atoms with E-state index in [0.717, 1.165) is 22.7 Å². The highest BCUT2D eigenvalue weighted by atomic mass is 19.2. The van der Waals surface area contributed by atoms with Crippen molar-refractivity contribution in [3.8, 4) is 6.07 Å². The van der Waals surface area contributed by atoms with Crippen molar-refractivity contribution < 1.29 is 23.5 Å². The number of piperidine rings is 1. The lowest BCUT2D eigenvalue weighted by atomic mass is 9.71. The van der Waals surface area contributed by atoms with Gasteiger partial charge in [-0.1, -0.05) is 6.07 Å². The lowest BCUT2D eigenvalue weighted by Gasteiger charge is -2.45. The lowest BCUT2D eigenvalue weighted by molar-refractivity contribution is -0.135. The zero-order chi connectivity index (χ0) is 25.2. The molecular weight excluding hydrogens is 456 g/mol. The molecule has 0 spiro atoms. The topological polar surface area (TPSA) is 110 Å². The fourth-order valence-corrected chi connectivity index (χ4v) is 5.48. The van der Waals surface area contributed by atoms with Crippen LogP contribution in [0.5, 0.6) is 0 Å². The number of carbonyl (C=O) groups excluding carboxylic acids is 1. The molecule has 8 nitrogen and oxygen atoms in total. The van der Waals surface area contributed by atoms with E-state index in [1.54, 1.807) is 19.2 Å². The summed E-state index contributed by atoms with van der Waals surface area (Å²) in [5.74, 6) is -3.26. The van der Waals surface area contributed by atoms with Crippen LogP contribution >= 0.6 is 0 Å². The van der Waals surface area contributed by atoms with E-state index in [1.807, 2.05) is 12.1 Å². The van der Waals surface area contributed by atoms with Crippen molar-refractivity contribution in [2.24, 2.45) is 5.92 Å². The van der Waals surface area contributed by atoms with Crippen LogP contribution in [0.15, 0.2) is 36.5 Å². The van der Waals surface area contributed by atoms with Gasteiger partial charge in [-0.3, -0.25) is 9.69 Å². The lowest BCUT2D eigenvalue weighted by Crippen LogP contribution is -2.63. The Hall–Kier alpha value is -3.58. The van der Waals surface area contributed by atoms with Gasteiger partial charge < -0.3 is 15.3 Å². The number of carbonyl (C=O) groups is 2. The summed E-state index contributed by atoms with van der Waals surface area (Å²) >= 11 is 0. The average molecular weight is 484 g/mol. The van der Waals surface area contributed by atoms with Crippen molar-refractivity contribution in [3.63, 3.8) is 0 Å². The maximum atomic E-state index is 14.1. The van der Waals surface area contributed by atoms with Crippen molar-refractivity contribution in [2.75, 3.05) is 37.6 Å². The Morgan fingerprint density at radius 1 is 1.26 bits per heavy atom. The third-order valence-electron chi connectivity index (χ3n) is 7.21. The van der Waals surface area contributed by atoms with E-state index in [9.17, 15) is 23.5 Å². The predicted molar refractivity (Wildman–Crippen MR) is 124 cm³/mol. The van der Waals surface area contributed by atoms with E-state index < -0.39 is 35.1 Å². The first-order valence-corrected chi connectivity index (χ1v) is 11.6. The summed E-state index contributed by atoms with van der Waals surface area (Å²) in [5, 5.41) is 22.1. The quantitative estimate of drug-likeness (QED) is 0.650. The first-order valence-electron chi connectivity index (χ1n) is 11.6. The van der Waals surface area contributed by atoms with Crippen LogP contribution in [0.4, 0.5) is 19.3 Å². The van der Waals surface area contributed by atoms with Gasteiger partial charge in [0.25, 0.3) is 0 Å². The minimum Gasteiger partial charge on any atom is -0.465 e. The zero-order valence-electron chi connectivity index (χ0n) is 19.4. The molecule has 2 saturated heterocycles. The van der Waals surface area contributed by atoms with Gasteiger partial charge in [0.2, 0.25) is 0 Å². The third-order valence-corrected chi connectivity index (χ3v) is 7.21. The Balaban J connectivity index is 1.62. The minimum absolute atomic E-state index is 0.0820. The van der Waals surface area contributed by atoms with Crippen LogP contribution in [0.25, 0.3) is 0 Å². The first kappa shape index (κ1) is 24.5. The number of halogens is 2. The number of pyridine rings is 1. The molecule has 2 fully saturated rings. The molecule has 0 aliphatic carbocycles. The summed E-state index contributed by atoms with van der Waals surface area (Å²) in [7, 11) is 0. The smallest absolute Gasteiger partial charge is 0.408 e. The molecule has 2 aliphatic heterocycles. The number of rotatable bonds is 6. The van der Waals surface area contributed by atoms with Crippen molar-refractivity contribution in [2.45, 2.75) is 31.2 Å². The highest BCUT2D eigenvalue weighted by Gasteiger charge is 2.56. The van der Waals surface area contributed by atoms with Gasteiger partial charge in [-0.2, -0.15) is 5.26 Å². The van der Waals surface area contributed by atoms with E-state index in [4.69, 9.17) is 5.26 Å². The Kier molecular flexibility index (Phi) is 6.98. The van der Waals surface area contributed by atoms with E-state index in [2.05, 4.69) is 15.2 Å². The number of amides is 1. The van der Waals surface area contributed by atoms with Crippen molar-refractivity contribution in [1.29, 1.82) is 5.26 Å². The number of Topliss-reactive ketones (excluding diaryl/α,β-unsaturated/α-hetero) is 1. The van der Waals surface area contributed by atoms with Crippen LogP contribution in [-0.4, -0.2) is 65.1 Å². The number of nitriles is 1. The van der Waals surface area contributed by atoms with Gasteiger partial charge >= 0.3 is 6.09 Å². The maximum Gasteiger partial charge on any atom is 0.408 e. The molecule has 1 aromatic heterocycles. The van der Waals surface area contributed by atoms with Gasteiger partial charge in [-0.05, 0) is 49.6 Å². The van der Waals surface area contributed by atoms with Crippen LogP contribution in [0.1, 0.15) is 36.9 Å². The van der Waals surface area contributed by atoms with E-state index >= 15 is 0 Å². The number of carboxylic acid groups (broad SMARTS) is 1. The summed E-state index contributed by atoms with van der Waals surface area (Å²) in [6, 6.07) is 8.95. The largest absolute Gasteiger partial charge is 0.465 e. The molecular formula is C25H27F2N5O3. The number of aromatic nitrogens is 1. The van der Waals surface area contributed by atoms with Crippen LogP contribution in [-0.2, 0) is 4.79 Å². The Morgan fingerprint density at radius 2 is 2.00 bits per heavy atom. The molecule has 2 atom stereocenters. The molecule has 0 bridgehead atoms. The van der Waals surface area contributed by atoms with Crippen molar-refractivity contribution in [1.82, 2.24) is 15.2 Å². The monoisotopic (exact) mass is 483 g/mol. The summed E-state index contributed by atoms with van der Waals surface area (Å²) in [5.41, 5.74) is 0.148. The van der Waals surface area contributed by atoms with Crippen molar-refractivity contribution >= 4 is 17.6 Å². The van der Waals surface area contributed by atoms with Gasteiger partial charge in [0.15, 0.2) is 17.4 Å². The highest BCUT2D eigenvalue weighted by Crippen LogP contribution is 2.41. The third kappa shape index (κ3) is 4.44. The molecule has 35 heavy (non-hydrogen) atoms. The number of hydrogen-bond donors (Lipinski definition) is 2. The number of nitrogens with zero attached hydrogens (tertiary/aromatic N) is 4. The number of hydrogen-bond acceptors (Lipinski definition) is 6. The van der Waals surface area contributed by atoms with Gasteiger partial charge in [-0.15, -0.1) is 0 Å². The van der Waals surface area contributed by atoms with E-state index in [1.165, 1.54) is 6.07 Å². The summed E-state index contributed by atoms with van der Waals surface area (Å²) < 4.78 is 27.7. The number of anilines is 1. The standard InChI is InChI=1S/C25H27F2N5O3/c1-2-32(24(34)35)25(15-29-14-20(25)17-3-6-21(26)22(27)11-17)23(33)16-7-9-31(10-8-16)19-5-4-18(12-28)30-13-19/h3-6,11,13,16,20,29H,2,7-10,14-15H2,1H3,(H,34,35)/t20-,25+/m0/s1. The summed E-state index contributed by atoms with van der Waals surface area (Å²) in [6.07, 6.45) is 1.44.